The van der Waals surface area contributed by atoms with Gasteiger partial charge in [-0.1, -0.05) is 6.07 Å². The third-order valence-electron chi connectivity index (χ3n) is 6.12. The van der Waals surface area contributed by atoms with E-state index in [1.807, 2.05) is 0 Å². The first-order chi connectivity index (χ1) is 11.0. The fourth-order valence-corrected chi connectivity index (χ4v) is 5.49. The van der Waals surface area contributed by atoms with Crippen molar-refractivity contribution in [1.29, 1.82) is 0 Å². The third-order valence-corrected chi connectivity index (χ3v) is 6.12. The maximum absolute atomic E-state index is 12.9. The molecule has 0 heterocycles. The summed E-state index contributed by atoms with van der Waals surface area (Å²) in [7, 11) is 0. The van der Waals surface area contributed by atoms with Gasteiger partial charge in [-0.15, -0.1) is 0 Å². The standard InChI is InChI=1S/C19H23NO3/c20-18(22)15-2-1-3-16(7-15)23-11-17(21)19-8-12-4-13(9-19)6-14(5-12)10-19/h1-3,7,12-14H,4-6,8-11H2,(H2,20,22). The number of hydrogen-bond donors (Lipinski definition) is 1. The second kappa shape index (κ2) is 5.36. The predicted molar refractivity (Wildman–Crippen MR) is 86.1 cm³/mol. The summed E-state index contributed by atoms with van der Waals surface area (Å²) in [4.78, 5) is 24.1. The molecule has 4 nitrogen and oxygen atoms in total. The zero-order valence-electron chi connectivity index (χ0n) is 13.3. The van der Waals surface area contributed by atoms with Gasteiger partial charge in [0, 0.05) is 11.0 Å². The van der Waals surface area contributed by atoms with Gasteiger partial charge in [-0.2, -0.15) is 0 Å². The van der Waals surface area contributed by atoms with E-state index >= 15 is 0 Å². The molecule has 0 saturated heterocycles. The molecule has 0 spiro atoms. The van der Waals surface area contributed by atoms with Gasteiger partial charge in [0.05, 0.1) is 0 Å². The zero-order valence-corrected chi connectivity index (χ0v) is 13.3. The van der Waals surface area contributed by atoms with E-state index in [9.17, 15) is 9.59 Å². The molecule has 0 unspecified atom stereocenters. The molecule has 5 rings (SSSR count). The van der Waals surface area contributed by atoms with Gasteiger partial charge in [-0.05, 0) is 74.5 Å². The van der Waals surface area contributed by atoms with Crippen molar-refractivity contribution in [2.75, 3.05) is 6.61 Å². The monoisotopic (exact) mass is 313 g/mol. The maximum atomic E-state index is 12.9. The van der Waals surface area contributed by atoms with Gasteiger partial charge >= 0.3 is 0 Å². The normalized spacial score (nSPS) is 34.3. The van der Waals surface area contributed by atoms with Crippen LogP contribution in [0.25, 0.3) is 0 Å². The van der Waals surface area contributed by atoms with Crippen molar-refractivity contribution in [3.8, 4) is 5.75 Å². The first kappa shape index (κ1) is 14.7. The molecule has 23 heavy (non-hydrogen) atoms. The number of carbonyl (C=O) groups excluding carboxylic acids is 2. The number of primary amides is 1. The van der Waals surface area contributed by atoms with Crippen LogP contribution in [-0.4, -0.2) is 18.3 Å². The molecule has 4 aliphatic carbocycles. The van der Waals surface area contributed by atoms with Crippen molar-refractivity contribution in [1.82, 2.24) is 0 Å². The molecule has 4 fully saturated rings. The second-order valence-electron chi connectivity index (χ2n) is 7.80. The van der Waals surface area contributed by atoms with Gasteiger partial charge < -0.3 is 10.5 Å². The molecule has 122 valence electrons. The number of ketones is 1. The van der Waals surface area contributed by atoms with Crippen LogP contribution in [0, 0.1) is 23.2 Å². The summed E-state index contributed by atoms with van der Waals surface area (Å²) in [6, 6.07) is 6.75. The van der Waals surface area contributed by atoms with Crippen LogP contribution in [0.4, 0.5) is 0 Å². The summed E-state index contributed by atoms with van der Waals surface area (Å²) >= 11 is 0. The van der Waals surface area contributed by atoms with Gasteiger partial charge in [0.25, 0.3) is 0 Å². The van der Waals surface area contributed by atoms with Crippen LogP contribution in [0.5, 0.6) is 5.75 Å². The summed E-state index contributed by atoms with van der Waals surface area (Å²) in [5, 5.41) is 0. The lowest BCUT2D eigenvalue weighted by Gasteiger charge is -2.55. The molecule has 4 aliphatic rings. The van der Waals surface area contributed by atoms with Crippen molar-refractivity contribution < 1.29 is 14.3 Å². The van der Waals surface area contributed by atoms with Crippen LogP contribution >= 0.6 is 0 Å². The minimum Gasteiger partial charge on any atom is -0.486 e. The highest BCUT2D eigenvalue weighted by Gasteiger charge is 2.54. The number of ether oxygens (including phenoxy) is 1. The minimum atomic E-state index is -0.483. The Balaban J connectivity index is 1.44. The van der Waals surface area contributed by atoms with Gasteiger partial charge in [0.1, 0.15) is 12.4 Å². The number of Topliss-reactive ketones (excluding diaryl/α,β-unsaturated/α-hetero) is 1. The molecule has 2 N–H and O–H groups in total. The van der Waals surface area contributed by atoms with E-state index in [0.717, 1.165) is 37.0 Å². The Bertz CT molecular complexity index is 616. The van der Waals surface area contributed by atoms with E-state index in [0.29, 0.717) is 11.3 Å². The minimum absolute atomic E-state index is 0.106. The molecule has 0 radical (unpaired) electrons. The Morgan fingerprint density at radius 3 is 2.26 bits per heavy atom. The highest BCUT2D eigenvalue weighted by atomic mass is 16.5. The molecule has 1 aromatic rings. The smallest absolute Gasteiger partial charge is 0.248 e. The highest BCUT2D eigenvalue weighted by molar-refractivity contribution is 5.93. The van der Waals surface area contributed by atoms with E-state index in [2.05, 4.69) is 0 Å². The number of rotatable bonds is 5. The van der Waals surface area contributed by atoms with Crippen molar-refractivity contribution >= 4 is 11.7 Å². The molecule has 1 amide bonds. The van der Waals surface area contributed by atoms with Crippen molar-refractivity contribution in [3.05, 3.63) is 29.8 Å². The first-order valence-electron chi connectivity index (χ1n) is 8.60. The van der Waals surface area contributed by atoms with Gasteiger partial charge in [0.2, 0.25) is 5.91 Å². The summed E-state index contributed by atoms with van der Waals surface area (Å²) in [6.07, 6.45) is 7.16. The van der Waals surface area contributed by atoms with Gasteiger partial charge in [-0.3, -0.25) is 9.59 Å². The molecule has 0 atom stereocenters. The van der Waals surface area contributed by atoms with Crippen LogP contribution < -0.4 is 10.5 Å². The van der Waals surface area contributed by atoms with Crippen LogP contribution in [0.3, 0.4) is 0 Å². The Hall–Kier alpha value is -1.84. The molecular weight excluding hydrogens is 290 g/mol. The van der Waals surface area contributed by atoms with E-state index < -0.39 is 5.91 Å². The molecule has 4 heteroatoms. The number of amides is 1. The number of benzene rings is 1. The van der Waals surface area contributed by atoms with E-state index in [1.54, 1.807) is 24.3 Å². The lowest BCUT2D eigenvalue weighted by molar-refractivity contribution is -0.145. The molecule has 4 bridgehead atoms. The summed E-state index contributed by atoms with van der Waals surface area (Å²) in [5.41, 5.74) is 5.56. The highest BCUT2D eigenvalue weighted by Crippen LogP contribution is 2.60. The maximum Gasteiger partial charge on any atom is 0.248 e. The lowest BCUT2D eigenvalue weighted by atomic mass is 9.48. The quantitative estimate of drug-likeness (QED) is 0.908. The van der Waals surface area contributed by atoms with E-state index in [4.69, 9.17) is 10.5 Å². The molecule has 0 aliphatic heterocycles. The first-order valence-corrected chi connectivity index (χ1v) is 8.60. The van der Waals surface area contributed by atoms with Crippen molar-refractivity contribution in [3.63, 3.8) is 0 Å². The topological polar surface area (TPSA) is 69.4 Å². The van der Waals surface area contributed by atoms with Crippen molar-refractivity contribution in [2.24, 2.45) is 28.9 Å². The fourth-order valence-electron chi connectivity index (χ4n) is 5.49. The molecule has 1 aromatic carbocycles. The summed E-state index contributed by atoms with van der Waals surface area (Å²) < 4.78 is 5.69. The van der Waals surface area contributed by atoms with Crippen molar-refractivity contribution in [2.45, 2.75) is 38.5 Å². The third kappa shape index (κ3) is 2.64. The fraction of sp³-hybridized carbons (Fsp3) is 0.579. The van der Waals surface area contributed by atoms with Crippen LogP contribution in [0.1, 0.15) is 48.9 Å². The van der Waals surface area contributed by atoms with Crippen LogP contribution in [0.2, 0.25) is 0 Å². The number of carbonyl (C=O) groups is 2. The summed E-state index contributed by atoms with van der Waals surface area (Å²) in [6.45, 7) is 0.106. The Labute approximate surface area is 136 Å². The van der Waals surface area contributed by atoms with Crippen LogP contribution in [0.15, 0.2) is 24.3 Å². The largest absolute Gasteiger partial charge is 0.486 e. The molecular formula is C19H23NO3. The average molecular weight is 313 g/mol. The Kier molecular flexibility index (Phi) is 3.43. The van der Waals surface area contributed by atoms with E-state index in [1.165, 1.54) is 19.3 Å². The summed E-state index contributed by atoms with van der Waals surface area (Å²) in [5.74, 6) is 2.57. The SMILES string of the molecule is NC(=O)c1cccc(OCC(=O)C23CC4CC(CC(C4)C2)C3)c1. The molecule has 4 saturated carbocycles. The van der Waals surface area contributed by atoms with E-state index in [-0.39, 0.29) is 17.8 Å². The second-order valence-corrected chi connectivity index (χ2v) is 7.80. The lowest BCUT2D eigenvalue weighted by Crippen LogP contribution is -2.51. The Morgan fingerprint density at radius 2 is 1.70 bits per heavy atom. The zero-order chi connectivity index (χ0) is 16.0. The number of hydrogen-bond acceptors (Lipinski definition) is 3. The average Bonchev–Trinajstić information content (AvgIpc) is 2.51. The van der Waals surface area contributed by atoms with Gasteiger partial charge in [0.15, 0.2) is 5.78 Å². The Morgan fingerprint density at radius 1 is 1.09 bits per heavy atom. The van der Waals surface area contributed by atoms with Gasteiger partial charge in [-0.25, -0.2) is 0 Å². The predicted octanol–water partition coefficient (Wildman–Crippen LogP) is 2.95. The molecule has 0 aromatic heterocycles. The number of nitrogens with two attached hydrogens (primary N) is 1. The van der Waals surface area contributed by atoms with Crippen LogP contribution in [-0.2, 0) is 4.79 Å².